The molecule has 1 amide bonds. The number of piperidine rings is 1. The number of hydrogen-bond donors (Lipinski definition) is 1. The molecular weight excluding hydrogens is 312 g/mol. The quantitative estimate of drug-likeness (QED) is 0.906. The van der Waals surface area contributed by atoms with Crippen LogP contribution in [0.25, 0.3) is 0 Å². The molecular formula is C13H19BrN2OS. The van der Waals surface area contributed by atoms with E-state index in [-0.39, 0.29) is 5.91 Å². The van der Waals surface area contributed by atoms with Crippen molar-refractivity contribution in [2.75, 3.05) is 19.6 Å². The van der Waals surface area contributed by atoms with Crippen molar-refractivity contribution < 1.29 is 4.79 Å². The summed E-state index contributed by atoms with van der Waals surface area (Å²) in [4.78, 5) is 15.2. The zero-order valence-corrected chi connectivity index (χ0v) is 13.2. The number of nitrogens with two attached hydrogens (primary N) is 1. The molecule has 1 aromatic rings. The highest BCUT2D eigenvalue weighted by atomic mass is 79.9. The lowest BCUT2D eigenvalue weighted by Gasteiger charge is -2.36. The standard InChI is InChI=1S/C13H19BrN2OS/c1-8-3-4-16(7-10(8)6-15)13(17)11-5-9(2)12(14)18-11/h5,8,10H,3-4,6-7,15H2,1-2H3. The van der Waals surface area contributed by atoms with Crippen molar-refractivity contribution in [3.8, 4) is 0 Å². The Kier molecular flexibility index (Phi) is 4.45. The zero-order valence-electron chi connectivity index (χ0n) is 10.8. The minimum absolute atomic E-state index is 0.152. The summed E-state index contributed by atoms with van der Waals surface area (Å²) in [5.41, 5.74) is 6.91. The Hall–Kier alpha value is -0.390. The predicted molar refractivity (Wildman–Crippen MR) is 79.0 cm³/mol. The van der Waals surface area contributed by atoms with E-state index in [1.165, 1.54) is 11.3 Å². The van der Waals surface area contributed by atoms with Crippen LogP contribution in [0, 0.1) is 18.8 Å². The Morgan fingerprint density at radius 2 is 2.39 bits per heavy atom. The molecule has 2 N–H and O–H groups in total. The van der Waals surface area contributed by atoms with E-state index in [2.05, 4.69) is 22.9 Å². The molecule has 1 fully saturated rings. The Balaban J connectivity index is 2.10. The highest BCUT2D eigenvalue weighted by Gasteiger charge is 2.29. The molecule has 1 aromatic heterocycles. The summed E-state index contributed by atoms with van der Waals surface area (Å²) < 4.78 is 1.05. The van der Waals surface area contributed by atoms with Crippen LogP contribution < -0.4 is 5.73 Å². The van der Waals surface area contributed by atoms with Crippen LogP contribution in [0.5, 0.6) is 0 Å². The Morgan fingerprint density at radius 3 is 2.94 bits per heavy atom. The second-order valence-electron chi connectivity index (χ2n) is 5.08. The SMILES string of the molecule is Cc1cc(C(=O)N2CCC(C)C(CN)C2)sc1Br. The van der Waals surface area contributed by atoms with E-state index in [9.17, 15) is 4.79 Å². The highest BCUT2D eigenvalue weighted by molar-refractivity contribution is 9.11. The van der Waals surface area contributed by atoms with E-state index < -0.39 is 0 Å². The first-order valence-electron chi connectivity index (χ1n) is 6.28. The van der Waals surface area contributed by atoms with Crippen LogP contribution in [-0.2, 0) is 0 Å². The van der Waals surface area contributed by atoms with E-state index in [4.69, 9.17) is 5.73 Å². The van der Waals surface area contributed by atoms with Crippen molar-refractivity contribution in [2.24, 2.45) is 17.6 Å². The van der Waals surface area contributed by atoms with Crippen LogP contribution in [0.4, 0.5) is 0 Å². The number of nitrogens with zero attached hydrogens (tertiary/aromatic N) is 1. The predicted octanol–water partition coefficient (Wildman–Crippen LogP) is 2.88. The second kappa shape index (κ2) is 5.72. The molecule has 18 heavy (non-hydrogen) atoms. The van der Waals surface area contributed by atoms with Crippen molar-refractivity contribution >= 4 is 33.2 Å². The van der Waals surface area contributed by atoms with Gasteiger partial charge in [-0.05, 0) is 59.3 Å². The number of halogens is 1. The number of amides is 1. The van der Waals surface area contributed by atoms with Gasteiger partial charge in [-0.25, -0.2) is 0 Å². The van der Waals surface area contributed by atoms with Crippen molar-refractivity contribution in [2.45, 2.75) is 20.3 Å². The molecule has 2 rings (SSSR count). The molecule has 2 heterocycles. The van der Waals surface area contributed by atoms with Crippen molar-refractivity contribution in [3.63, 3.8) is 0 Å². The molecule has 0 aliphatic carbocycles. The van der Waals surface area contributed by atoms with Crippen molar-refractivity contribution in [3.05, 3.63) is 20.3 Å². The fourth-order valence-corrected chi connectivity index (χ4v) is 3.86. The maximum Gasteiger partial charge on any atom is 0.263 e. The van der Waals surface area contributed by atoms with Gasteiger partial charge < -0.3 is 10.6 Å². The van der Waals surface area contributed by atoms with Crippen molar-refractivity contribution in [1.29, 1.82) is 0 Å². The number of carbonyl (C=O) groups excluding carboxylic acids is 1. The van der Waals surface area contributed by atoms with Crippen LogP contribution in [0.2, 0.25) is 0 Å². The fraction of sp³-hybridized carbons (Fsp3) is 0.615. The van der Waals surface area contributed by atoms with Crippen LogP contribution in [0.1, 0.15) is 28.6 Å². The van der Waals surface area contributed by atoms with Gasteiger partial charge in [0.25, 0.3) is 5.91 Å². The molecule has 100 valence electrons. The lowest BCUT2D eigenvalue weighted by Crippen LogP contribution is -2.45. The van der Waals surface area contributed by atoms with Gasteiger partial charge in [-0.2, -0.15) is 0 Å². The molecule has 0 radical (unpaired) electrons. The zero-order chi connectivity index (χ0) is 13.3. The first-order chi connectivity index (χ1) is 8.52. The topological polar surface area (TPSA) is 46.3 Å². The van der Waals surface area contributed by atoms with E-state index >= 15 is 0 Å². The van der Waals surface area contributed by atoms with Crippen LogP contribution in [-0.4, -0.2) is 30.4 Å². The number of rotatable bonds is 2. The minimum atomic E-state index is 0.152. The van der Waals surface area contributed by atoms with Gasteiger partial charge in [0.2, 0.25) is 0 Å². The van der Waals surface area contributed by atoms with Gasteiger partial charge in [-0.1, -0.05) is 6.92 Å². The molecule has 3 nitrogen and oxygen atoms in total. The molecule has 1 aliphatic heterocycles. The average Bonchev–Trinajstić information content (AvgIpc) is 2.69. The number of thiophene rings is 1. The average molecular weight is 331 g/mol. The van der Waals surface area contributed by atoms with Gasteiger partial charge in [0.1, 0.15) is 0 Å². The van der Waals surface area contributed by atoms with Gasteiger partial charge in [-0.3, -0.25) is 4.79 Å². The molecule has 0 spiro atoms. The summed E-state index contributed by atoms with van der Waals surface area (Å²) in [6, 6.07) is 1.96. The van der Waals surface area contributed by atoms with Crippen LogP contribution in [0.15, 0.2) is 9.85 Å². The molecule has 2 unspecified atom stereocenters. The van der Waals surface area contributed by atoms with Crippen LogP contribution >= 0.6 is 27.3 Å². The molecule has 0 bridgehead atoms. The molecule has 1 saturated heterocycles. The normalized spacial score (nSPS) is 24.3. The number of aryl methyl sites for hydroxylation is 1. The number of hydrogen-bond acceptors (Lipinski definition) is 3. The number of likely N-dealkylation sites (tertiary alicyclic amines) is 1. The largest absolute Gasteiger partial charge is 0.338 e. The van der Waals surface area contributed by atoms with Gasteiger partial charge in [0.15, 0.2) is 0 Å². The fourth-order valence-electron chi connectivity index (χ4n) is 2.36. The van der Waals surface area contributed by atoms with E-state index in [1.807, 2.05) is 17.9 Å². The Morgan fingerprint density at radius 1 is 1.67 bits per heavy atom. The first kappa shape index (κ1) is 14.0. The van der Waals surface area contributed by atoms with Crippen LogP contribution in [0.3, 0.4) is 0 Å². The summed E-state index contributed by atoms with van der Waals surface area (Å²) >= 11 is 4.99. The molecule has 1 aliphatic rings. The number of carbonyl (C=O) groups is 1. The summed E-state index contributed by atoms with van der Waals surface area (Å²) in [5, 5.41) is 0. The Bertz CT molecular complexity index is 427. The lowest BCUT2D eigenvalue weighted by atomic mass is 9.87. The third-order valence-electron chi connectivity index (χ3n) is 3.77. The van der Waals surface area contributed by atoms with E-state index in [0.29, 0.717) is 18.4 Å². The summed E-state index contributed by atoms with van der Waals surface area (Å²) in [5.74, 6) is 1.21. The Labute approximate surface area is 120 Å². The highest BCUT2D eigenvalue weighted by Crippen LogP contribution is 2.30. The minimum Gasteiger partial charge on any atom is -0.338 e. The first-order valence-corrected chi connectivity index (χ1v) is 7.89. The van der Waals surface area contributed by atoms with Gasteiger partial charge in [-0.15, -0.1) is 11.3 Å². The molecule has 2 atom stereocenters. The van der Waals surface area contributed by atoms with Gasteiger partial charge in [0.05, 0.1) is 8.66 Å². The molecule has 0 saturated carbocycles. The van der Waals surface area contributed by atoms with Gasteiger partial charge in [0, 0.05) is 13.1 Å². The lowest BCUT2D eigenvalue weighted by molar-refractivity contribution is 0.0623. The monoisotopic (exact) mass is 330 g/mol. The third-order valence-corrected chi connectivity index (χ3v) is 5.90. The molecule has 0 aromatic carbocycles. The van der Waals surface area contributed by atoms with Crippen molar-refractivity contribution in [1.82, 2.24) is 4.90 Å². The third kappa shape index (κ3) is 2.78. The maximum absolute atomic E-state index is 12.4. The summed E-state index contributed by atoms with van der Waals surface area (Å²) in [6.45, 7) is 6.55. The van der Waals surface area contributed by atoms with E-state index in [1.54, 1.807) is 0 Å². The maximum atomic E-state index is 12.4. The van der Waals surface area contributed by atoms with E-state index in [0.717, 1.165) is 33.7 Å². The smallest absolute Gasteiger partial charge is 0.263 e. The van der Waals surface area contributed by atoms with Gasteiger partial charge >= 0.3 is 0 Å². The second-order valence-corrected chi connectivity index (χ2v) is 7.45. The molecule has 5 heteroatoms. The summed E-state index contributed by atoms with van der Waals surface area (Å²) in [7, 11) is 0. The summed E-state index contributed by atoms with van der Waals surface area (Å²) in [6.07, 6.45) is 1.05.